The predicted molar refractivity (Wildman–Crippen MR) is 52.8 cm³/mol. The molecule has 1 aliphatic heterocycles. The molecule has 14 heavy (non-hydrogen) atoms. The molecule has 1 aromatic rings. The van der Waals surface area contributed by atoms with E-state index in [0.717, 1.165) is 12.2 Å². The number of nitriles is 1. The highest BCUT2D eigenvalue weighted by molar-refractivity contribution is 5.37. The van der Waals surface area contributed by atoms with E-state index in [1.807, 2.05) is 30.3 Å². The average Bonchev–Trinajstić information content (AvgIpc) is 2.59. The maximum atomic E-state index is 8.58. The van der Waals surface area contributed by atoms with Crippen LogP contribution in [0.4, 0.5) is 0 Å². The monoisotopic (exact) mass is 188 g/mol. The van der Waals surface area contributed by atoms with Crippen LogP contribution in [0.1, 0.15) is 12.0 Å². The quantitative estimate of drug-likeness (QED) is 0.759. The van der Waals surface area contributed by atoms with Gasteiger partial charge in [-0.3, -0.25) is 0 Å². The standard InChI is InChI=1S/C11H12N2O/c12-7-9(13)6-10-5-8-3-1-2-4-11(8)14-10/h1-4,9-10H,5-6,13H2. The fourth-order valence-electron chi connectivity index (χ4n) is 1.72. The minimum Gasteiger partial charge on any atom is -0.490 e. The SMILES string of the molecule is N#CC(N)CC1Cc2ccccc2O1. The molecule has 2 atom stereocenters. The van der Waals surface area contributed by atoms with Crippen LogP contribution < -0.4 is 10.5 Å². The van der Waals surface area contributed by atoms with Gasteiger partial charge in [0.1, 0.15) is 11.9 Å². The van der Waals surface area contributed by atoms with E-state index in [1.165, 1.54) is 5.56 Å². The Kier molecular flexibility index (Phi) is 2.38. The lowest BCUT2D eigenvalue weighted by Gasteiger charge is -2.10. The maximum Gasteiger partial charge on any atom is 0.123 e. The topological polar surface area (TPSA) is 59.0 Å². The fourth-order valence-corrected chi connectivity index (χ4v) is 1.72. The molecule has 3 heteroatoms. The second-order valence-corrected chi connectivity index (χ2v) is 3.52. The van der Waals surface area contributed by atoms with Crippen LogP contribution in [0.3, 0.4) is 0 Å². The van der Waals surface area contributed by atoms with Gasteiger partial charge in [0, 0.05) is 12.8 Å². The molecule has 0 saturated heterocycles. The van der Waals surface area contributed by atoms with Crippen molar-refractivity contribution in [3.05, 3.63) is 29.8 Å². The van der Waals surface area contributed by atoms with E-state index in [1.54, 1.807) is 0 Å². The first kappa shape index (κ1) is 9.04. The molecule has 1 aliphatic rings. The first-order chi connectivity index (χ1) is 6.79. The Morgan fingerprint density at radius 2 is 2.36 bits per heavy atom. The van der Waals surface area contributed by atoms with Gasteiger partial charge in [-0.25, -0.2) is 0 Å². The van der Waals surface area contributed by atoms with E-state index in [-0.39, 0.29) is 6.10 Å². The van der Waals surface area contributed by atoms with Gasteiger partial charge < -0.3 is 10.5 Å². The highest BCUT2D eigenvalue weighted by atomic mass is 16.5. The summed E-state index contributed by atoms with van der Waals surface area (Å²) >= 11 is 0. The molecule has 0 saturated carbocycles. The van der Waals surface area contributed by atoms with Gasteiger partial charge in [-0.1, -0.05) is 18.2 Å². The van der Waals surface area contributed by atoms with Crippen LogP contribution in [0.2, 0.25) is 0 Å². The summed E-state index contributed by atoms with van der Waals surface area (Å²) in [6, 6.07) is 9.54. The molecule has 3 nitrogen and oxygen atoms in total. The molecule has 0 aliphatic carbocycles. The lowest BCUT2D eigenvalue weighted by atomic mass is 10.1. The zero-order chi connectivity index (χ0) is 9.97. The summed E-state index contributed by atoms with van der Waals surface area (Å²) < 4.78 is 5.65. The Bertz CT molecular complexity index is 345. The normalized spacial score (nSPS) is 20.7. The predicted octanol–water partition coefficient (Wildman–Crippen LogP) is 1.23. The Morgan fingerprint density at radius 3 is 3.07 bits per heavy atom. The molecule has 72 valence electrons. The number of benzene rings is 1. The highest BCUT2D eigenvalue weighted by Gasteiger charge is 2.23. The van der Waals surface area contributed by atoms with Crippen molar-refractivity contribution in [2.75, 3.05) is 0 Å². The summed E-state index contributed by atoms with van der Waals surface area (Å²) in [6.45, 7) is 0. The highest BCUT2D eigenvalue weighted by Crippen LogP contribution is 2.29. The van der Waals surface area contributed by atoms with E-state index in [4.69, 9.17) is 15.7 Å². The Morgan fingerprint density at radius 1 is 1.57 bits per heavy atom. The Labute approximate surface area is 83.1 Å². The fraction of sp³-hybridized carbons (Fsp3) is 0.364. The number of fused-ring (bicyclic) bond motifs is 1. The van der Waals surface area contributed by atoms with Gasteiger partial charge in [0.25, 0.3) is 0 Å². The molecular formula is C11H12N2O. The zero-order valence-corrected chi connectivity index (χ0v) is 7.81. The van der Waals surface area contributed by atoms with Crippen molar-refractivity contribution in [2.24, 2.45) is 5.73 Å². The summed E-state index contributed by atoms with van der Waals surface area (Å²) in [4.78, 5) is 0. The van der Waals surface area contributed by atoms with E-state index < -0.39 is 6.04 Å². The number of nitrogens with two attached hydrogens (primary N) is 1. The van der Waals surface area contributed by atoms with Gasteiger partial charge in [0.05, 0.1) is 12.1 Å². The van der Waals surface area contributed by atoms with Crippen LogP contribution in [-0.4, -0.2) is 12.1 Å². The van der Waals surface area contributed by atoms with E-state index in [2.05, 4.69) is 0 Å². The second kappa shape index (κ2) is 3.69. The number of nitrogens with zero attached hydrogens (tertiary/aromatic N) is 1. The van der Waals surface area contributed by atoms with E-state index >= 15 is 0 Å². The maximum absolute atomic E-state index is 8.58. The van der Waals surface area contributed by atoms with Gasteiger partial charge in [0.15, 0.2) is 0 Å². The van der Waals surface area contributed by atoms with Crippen LogP contribution >= 0.6 is 0 Å². The summed E-state index contributed by atoms with van der Waals surface area (Å²) in [5.74, 6) is 0.933. The molecule has 1 aromatic carbocycles. The van der Waals surface area contributed by atoms with Crippen molar-refractivity contribution in [1.82, 2.24) is 0 Å². The third kappa shape index (κ3) is 1.70. The summed E-state index contributed by atoms with van der Waals surface area (Å²) in [7, 11) is 0. The van der Waals surface area contributed by atoms with Crippen molar-refractivity contribution >= 4 is 0 Å². The molecule has 2 N–H and O–H groups in total. The molecule has 0 fully saturated rings. The Hall–Kier alpha value is -1.53. The molecule has 0 amide bonds. The van der Waals surface area contributed by atoms with Gasteiger partial charge in [-0.05, 0) is 11.6 Å². The number of para-hydroxylation sites is 1. The van der Waals surface area contributed by atoms with E-state index in [9.17, 15) is 0 Å². The minimum atomic E-state index is -0.422. The molecule has 2 rings (SSSR count). The molecule has 1 heterocycles. The van der Waals surface area contributed by atoms with Crippen molar-refractivity contribution in [3.63, 3.8) is 0 Å². The van der Waals surface area contributed by atoms with Gasteiger partial charge in [0.2, 0.25) is 0 Å². The number of hydrogen-bond acceptors (Lipinski definition) is 3. The largest absolute Gasteiger partial charge is 0.490 e. The number of ether oxygens (including phenoxy) is 1. The first-order valence-corrected chi connectivity index (χ1v) is 4.69. The molecule has 0 aromatic heterocycles. The molecule has 2 unspecified atom stereocenters. The smallest absolute Gasteiger partial charge is 0.123 e. The Balaban J connectivity index is 2.02. The molecule has 0 radical (unpaired) electrons. The summed E-state index contributed by atoms with van der Waals surface area (Å²) in [6.07, 6.45) is 1.54. The van der Waals surface area contributed by atoms with Crippen LogP contribution in [-0.2, 0) is 6.42 Å². The lowest BCUT2D eigenvalue weighted by molar-refractivity contribution is 0.217. The van der Waals surface area contributed by atoms with Crippen molar-refractivity contribution in [2.45, 2.75) is 25.0 Å². The van der Waals surface area contributed by atoms with Crippen molar-refractivity contribution < 1.29 is 4.74 Å². The molecule has 0 spiro atoms. The van der Waals surface area contributed by atoms with E-state index in [0.29, 0.717) is 6.42 Å². The third-order valence-corrected chi connectivity index (χ3v) is 2.40. The molecule has 0 bridgehead atoms. The summed E-state index contributed by atoms with van der Waals surface area (Å²) in [5, 5.41) is 8.58. The number of hydrogen-bond donors (Lipinski definition) is 1. The number of rotatable bonds is 2. The van der Waals surface area contributed by atoms with Gasteiger partial charge in [-0.2, -0.15) is 5.26 Å². The van der Waals surface area contributed by atoms with Crippen LogP contribution in [0.25, 0.3) is 0 Å². The average molecular weight is 188 g/mol. The summed E-state index contributed by atoms with van der Waals surface area (Å²) in [5.41, 5.74) is 6.76. The van der Waals surface area contributed by atoms with Gasteiger partial charge >= 0.3 is 0 Å². The zero-order valence-electron chi connectivity index (χ0n) is 7.81. The van der Waals surface area contributed by atoms with Crippen LogP contribution in [0.5, 0.6) is 5.75 Å². The van der Waals surface area contributed by atoms with Gasteiger partial charge in [-0.15, -0.1) is 0 Å². The van der Waals surface area contributed by atoms with Crippen molar-refractivity contribution in [3.8, 4) is 11.8 Å². The minimum absolute atomic E-state index is 0.0713. The van der Waals surface area contributed by atoms with Crippen LogP contribution in [0.15, 0.2) is 24.3 Å². The molecular weight excluding hydrogens is 176 g/mol. The third-order valence-electron chi connectivity index (χ3n) is 2.40. The van der Waals surface area contributed by atoms with Crippen LogP contribution in [0, 0.1) is 11.3 Å². The first-order valence-electron chi connectivity index (χ1n) is 4.69. The lowest BCUT2D eigenvalue weighted by Crippen LogP contribution is -2.26. The second-order valence-electron chi connectivity index (χ2n) is 3.52. The van der Waals surface area contributed by atoms with Crippen molar-refractivity contribution in [1.29, 1.82) is 5.26 Å².